The van der Waals surface area contributed by atoms with Gasteiger partial charge in [0, 0.05) is 25.6 Å². The zero-order valence-electron chi connectivity index (χ0n) is 28.7. The maximum Gasteiger partial charge on any atom is 0.433 e. The summed E-state index contributed by atoms with van der Waals surface area (Å²) in [5, 5.41) is 13.6. The molecule has 55 heavy (non-hydrogen) atoms. The molecule has 290 valence electrons. The number of nitrogens with zero attached hydrogens (tertiary/aromatic N) is 6. The number of hydrazine groups is 2. The summed E-state index contributed by atoms with van der Waals surface area (Å²) in [6.07, 6.45) is -8.41. The molecule has 1 saturated carbocycles. The SMILES string of the molecule is COc1cccc(O)c1[C@H]1C2=CC[C@@H]3C(=O)N(N(C)c4nc(C(F)(F)F)ccc4Cl)C(=O)[C@@H]3[C@@H]2C[C@H]2C(=O)N(N(C)c3nc(C(F)(F)F)ccc3Cl)C(=O)[C@@H]12. The van der Waals surface area contributed by atoms with Gasteiger partial charge in [0.15, 0.2) is 11.6 Å². The van der Waals surface area contributed by atoms with E-state index >= 15 is 0 Å². The van der Waals surface area contributed by atoms with E-state index < -0.39 is 94.5 Å². The van der Waals surface area contributed by atoms with Gasteiger partial charge < -0.3 is 9.84 Å². The lowest BCUT2D eigenvalue weighted by Crippen LogP contribution is -2.46. The van der Waals surface area contributed by atoms with Crippen LogP contribution in [0, 0.1) is 29.6 Å². The molecule has 6 atom stereocenters. The number of methoxy groups -OCH3 is 1. The minimum Gasteiger partial charge on any atom is -0.508 e. The van der Waals surface area contributed by atoms with Gasteiger partial charge in [-0.1, -0.05) is 40.9 Å². The third-order valence-electron chi connectivity index (χ3n) is 10.6. The fourth-order valence-electron chi connectivity index (χ4n) is 8.31. The highest BCUT2D eigenvalue weighted by atomic mass is 35.5. The minimum absolute atomic E-state index is 0.0749. The van der Waals surface area contributed by atoms with Gasteiger partial charge in [0.1, 0.15) is 22.9 Å². The van der Waals surface area contributed by atoms with Crippen molar-refractivity contribution >= 4 is 58.5 Å². The third kappa shape index (κ3) is 6.00. The average Bonchev–Trinajstić information content (AvgIpc) is 3.53. The first-order chi connectivity index (χ1) is 25.8. The molecule has 4 aliphatic rings. The lowest BCUT2D eigenvalue weighted by molar-refractivity contribution is -0.143. The molecular weight excluding hydrogens is 785 g/mol. The monoisotopic (exact) mass is 812 g/mol. The van der Waals surface area contributed by atoms with Crippen LogP contribution in [0.2, 0.25) is 10.0 Å². The number of rotatable bonds is 6. The number of benzene rings is 1. The quantitative estimate of drug-likeness (QED) is 0.172. The number of hydrogen-bond acceptors (Lipinski definition) is 10. The van der Waals surface area contributed by atoms with Crippen LogP contribution < -0.4 is 14.8 Å². The van der Waals surface area contributed by atoms with Crippen LogP contribution in [0.5, 0.6) is 11.5 Å². The third-order valence-corrected chi connectivity index (χ3v) is 11.2. The first kappa shape index (κ1) is 38.2. The van der Waals surface area contributed by atoms with Crippen LogP contribution in [0.4, 0.5) is 38.0 Å². The first-order valence-corrected chi connectivity index (χ1v) is 17.3. The number of phenolic OH excluding ortho intramolecular Hbond substituents is 1. The Kier molecular flexibility index (Phi) is 9.22. The standard InChI is InChI=1S/C35H28Cl2F6N6O6/c1-46(28-18(36)9-11-22(44-28)34(38,39)40)48-30(51)15-8-7-14-16(24(15)32(48)53)13-17-26(25(14)27-20(50)5-4-6-21(27)55-3)33(54)49(31(17)52)47(2)29-19(37)10-12-23(45-29)35(41,42)43/h4-7,9-12,15-17,24-26,50H,8,13H2,1-3H3/t15-,16+,17+,24-,25-,26+/m0/s1. The van der Waals surface area contributed by atoms with Crippen LogP contribution in [0.25, 0.3) is 0 Å². The molecule has 1 N–H and O–H groups in total. The Hall–Kier alpha value is -5.10. The number of phenols is 1. The largest absolute Gasteiger partial charge is 0.508 e. The Bertz CT molecular complexity index is 2190. The second-order valence-corrected chi connectivity index (χ2v) is 14.3. The van der Waals surface area contributed by atoms with E-state index in [2.05, 4.69) is 9.97 Å². The van der Waals surface area contributed by atoms with Crippen molar-refractivity contribution in [3.63, 3.8) is 0 Å². The van der Waals surface area contributed by atoms with Gasteiger partial charge in [-0.05, 0) is 55.2 Å². The molecule has 2 saturated heterocycles. The number of pyridine rings is 2. The van der Waals surface area contributed by atoms with E-state index in [1.54, 1.807) is 6.08 Å². The van der Waals surface area contributed by atoms with E-state index in [0.29, 0.717) is 27.7 Å². The molecule has 0 spiro atoms. The Morgan fingerprint density at radius 2 is 1.25 bits per heavy atom. The Labute approximate surface area is 317 Å². The highest BCUT2D eigenvalue weighted by molar-refractivity contribution is 6.33. The van der Waals surface area contributed by atoms with Gasteiger partial charge in [-0.2, -0.15) is 36.4 Å². The number of aromatic hydroxyl groups is 1. The second kappa shape index (κ2) is 13.3. The Morgan fingerprint density at radius 1 is 0.745 bits per heavy atom. The van der Waals surface area contributed by atoms with Crippen LogP contribution in [0.15, 0.2) is 54.1 Å². The van der Waals surface area contributed by atoms with Crippen molar-refractivity contribution in [1.29, 1.82) is 0 Å². The summed E-state index contributed by atoms with van der Waals surface area (Å²) in [6.45, 7) is 0. The van der Waals surface area contributed by atoms with Crippen LogP contribution in [-0.4, -0.2) is 69.9 Å². The molecule has 2 aliphatic carbocycles. The van der Waals surface area contributed by atoms with Crippen molar-refractivity contribution in [3.05, 3.63) is 81.1 Å². The number of alkyl halides is 6. The molecule has 2 aromatic heterocycles. The molecule has 7 rings (SSSR count). The summed E-state index contributed by atoms with van der Waals surface area (Å²) in [5.41, 5.74) is -2.17. The van der Waals surface area contributed by atoms with E-state index in [1.807, 2.05) is 0 Å². The fraction of sp³-hybridized carbons (Fsp3) is 0.371. The number of fused-ring (bicyclic) bond motifs is 4. The predicted octanol–water partition coefficient (Wildman–Crippen LogP) is 6.27. The summed E-state index contributed by atoms with van der Waals surface area (Å²) < 4.78 is 87.3. The molecule has 1 aromatic carbocycles. The first-order valence-electron chi connectivity index (χ1n) is 16.5. The van der Waals surface area contributed by atoms with Crippen LogP contribution in [0.1, 0.15) is 35.7 Å². The molecule has 4 heterocycles. The van der Waals surface area contributed by atoms with E-state index in [9.17, 15) is 50.6 Å². The maximum absolute atomic E-state index is 14.5. The molecular formula is C35H28Cl2F6N6O6. The molecule has 3 fully saturated rings. The van der Waals surface area contributed by atoms with Gasteiger partial charge >= 0.3 is 12.4 Å². The van der Waals surface area contributed by atoms with Crippen LogP contribution in [-0.2, 0) is 31.5 Å². The number of imide groups is 2. The van der Waals surface area contributed by atoms with Gasteiger partial charge in [-0.15, -0.1) is 0 Å². The van der Waals surface area contributed by atoms with E-state index in [1.165, 1.54) is 25.3 Å². The zero-order valence-corrected chi connectivity index (χ0v) is 30.2. The minimum atomic E-state index is -4.89. The zero-order chi connectivity index (χ0) is 40.0. The summed E-state index contributed by atoms with van der Waals surface area (Å²) >= 11 is 12.5. The van der Waals surface area contributed by atoms with Crippen molar-refractivity contribution in [2.45, 2.75) is 31.1 Å². The van der Waals surface area contributed by atoms with Gasteiger partial charge in [0.05, 0.1) is 40.8 Å². The Morgan fingerprint density at radius 3 is 1.76 bits per heavy atom. The van der Waals surface area contributed by atoms with Gasteiger partial charge in [-0.3, -0.25) is 29.2 Å². The topological polar surface area (TPSA) is 136 Å². The number of amides is 4. The van der Waals surface area contributed by atoms with E-state index in [4.69, 9.17) is 27.9 Å². The summed E-state index contributed by atoms with van der Waals surface area (Å²) in [5.74, 6) is -11.6. The van der Waals surface area contributed by atoms with Crippen molar-refractivity contribution in [2.24, 2.45) is 29.6 Å². The van der Waals surface area contributed by atoms with E-state index in [-0.39, 0.29) is 39.9 Å². The molecule has 0 radical (unpaired) electrons. The fourth-order valence-corrected chi connectivity index (χ4v) is 8.77. The number of carbonyl (C=O) groups excluding carboxylic acids is 4. The average molecular weight is 814 g/mol. The number of aromatic nitrogens is 2. The lowest BCUT2D eigenvalue weighted by atomic mass is 9.57. The highest BCUT2D eigenvalue weighted by Crippen LogP contribution is 2.60. The summed E-state index contributed by atoms with van der Waals surface area (Å²) in [4.78, 5) is 64.3. The highest BCUT2D eigenvalue weighted by Gasteiger charge is 2.64. The molecule has 3 aromatic rings. The van der Waals surface area contributed by atoms with Gasteiger partial charge in [-0.25, -0.2) is 9.97 Å². The van der Waals surface area contributed by atoms with Crippen molar-refractivity contribution in [3.8, 4) is 11.5 Å². The predicted molar refractivity (Wildman–Crippen MR) is 181 cm³/mol. The molecule has 0 unspecified atom stereocenters. The van der Waals surface area contributed by atoms with Crippen LogP contribution in [0.3, 0.4) is 0 Å². The van der Waals surface area contributed by atoms with Crippen molar-refractivity contribution in [1.82, 2.24) is 20.0 Å². The number of hydrogen-bond donors (Lipinski definition) is 1. The number of ether oxygens (including phenoxy) is 1. The summed E-state index contributed by atoms with van der Waals surface area (Å²) in [7, 11) is 3.60. The number of carbonyl (C=O) groups is 4. The molecule has 12 nitrogen and oxygen atoms in total. The van der Waals surface area contributed by atoms with Crippen molar-refractivity contribution in [2.75, 3.05) is 31.2 Å². The summed E-state index contributed by atoms with van der Waals surface area (Å²) in [6, 6.07) is 7.44. The number of allylic oxidation sites excluding steroid dienone is 2. The van der Waals surface area contributed by atoms with Crippen molar-refractivity contribution < 1.29 is 55.4 Å². The van der Waals surface area contributed by atoms with Gasteiger partial charge in [0.25, 0.3) is 23.6 Å². The van der Waals surface area contributed by atoms with Gasteiger partial charge in [0.2, 0.25) is 0 Å². The maximum atomic E-state index is 14.5. The number of anilines is 2. The molecule has 0 bridgehead atoms. The molecule has 20 heteroatoms. The normalized spacial score (nSPS) is 25.1. The second-order valence-electron chi connectivity index (χ2n) is 13.4. The smallest absolute Gasteiger partial charge is 0.433 e. The number of halogens is 8. The lowest BCUT2D eigenvalue weighted by Gasteiger charge is -2.44. The van der Waals surface area contributed by atoms with E-state index in [0.717, 1.165) is 36.2 Å². The van der Waals surface area contributed by atoms with Crippen LogP contribution >= 0.6 is 23.2 Å². The molecule has 4 amide bonds. The Balaban J connectivity index is 1.31. The molecule has 2 aliphatic heterocycles.